The Labute approximate surface area is 113 Å². The minimum absolute atomic E-state index is 0.0681. The second-order valence-electron chi connectivity index (χ2n) is 3.95. The van der Waals surface area contributed by atoms with Gasteiger partial charge in [0.2, 0.25) is 0 Å². The molecule has 0 aliphatic carbocycles. The molecule has 0 bridgehead atoms. The molecule has 108 valence electrons. The van der Waals surface area contributed by atoms with E-state index in [2.05, 4.69) is 6.58 Å². The molecule has 4 nitrogen and oxygen atoms in total. The van der Waals surface area contributed by atoms with Crippen molar-refractivity contribution in [2.45, 2.75) is 6.18 Å². The van der Waals surface area contributed by atoms with Gasteiger partial charge in [-0.05, 0) is 18.2 Å². The zero-order valence-electron chi connectivity index (χ0n) is 10.4. The third kappa shape index (κ3) is 4.11. The fraction of sp³-hybridized carbons (Fsp3) is 0.231. The first kappa shape index (κ1) is 15.7. The molecule has 0 atom stereocenters. The number of carboxylic acid groups (broad SMARTS) is 1. The Hall–Kier alpha value is -2.31. The number of benzene rings is 1. The first-order valence-corrected chi connectivity index (χ1v) is 5.55. The fourth-order valence-corrected chi connectivity index (χ4v) is 1.55. The van der Waals surface area contributed by atoms with Gasteiger partial charge in [-0.1, -0.05) is 12.1 Å². The van der Waals surface area contributed by atoms with Gasteiger partial charge in [0.15, 0.2) is 0 Å². The molecular formula is C13H12F3NO3. The van der Waals surface area contributed by atoms with E-state index in [1.54, 1.807) is 0 Å². The molecule has 0 aromatic heterocycles. The first-order chi connectivity index (χ1) is 9.25. The van der Waals surface area contributed by atoms with Crippen LogP contribution in [0, 0.1) is 0 Å². The highest BCUT2D eigenvalue weighted by atomic mass is 19.4. The van der Waals surface area contributed by atoms with E-state index in [0.717, 1.165) is 17.0 Å². The second-order valence-corrected chi connectivity index (χ2v) is 3.95. The van der Waals surface area contributed by atoms with E-state index in [1.807, 2.05) is 0 Å². The molecule has 1 N–H and O–H groups in total. The lowest BCUT2D eigenvalue weighted by Gasteiger charge is -2.19. The van der Waals surface area contributed by atoms with Crippen molar-refractivity contribution in [3.63, 3.8) is 0 Å². The number of nitrogens with zero attached hydrogens (tertiary/aromatic N) is 1. The molecule has 1 aromatic carbocycles. The summed E-state index contributed by atoms with van der Waals surface area (Å²) < 4.78 is 37.7. The molecule has 1 rings (SSSR count). The van der Waals surface area contributed by atoms with Crippen molar-refractivity contribution >= 4 is 11.9 Å². The van der Waals surface area contributed by atoms with Gasteiger partial charge in [-0.3, -0.25) is 9.59 Å². The number of hydrogen-bond acceptors (Lipinski definition) is 2. The van der Waals surface area contributed by atoms with Crippen LogP contribution in [0.5, 0.6) is 0 Å². The van der Waals surface area contributed by atoms with Gasteiger partial charge in [0.1, 0.15) is 6.54 Å². The standard InChI is InChI=1S/C13H12F3NO3/c1-2-6-17(8-11(18)19)12(20)9-4-3-5-10(7-9)13(14,15)16/h2-5,7H,1,6,8H2,(H,18,19). The lowest BCUT2D eigenvalue weighted by Crippen LogP contribution is -2.35. The van der Waals surface area contributed by atoms with Crippen molar-refractivity contribution in [3.05, 3.63) is 48.0 Å². The number of aliphatic carboxylic acids is 1. The molecule has 1 aromatic rings. The summed E-state index contributed by atoms with van der Waals surface area (Å²) in [6.07, 6.45) is -3.26. The number of halogens is 3. The van der Waals surface area contributed by atoms with Gasteiger partial charge >= 0.3 is 12.1 Å². The van der Waals surface area contributed by atoms with Crippen LogP contribution in [-0.2, 0) is 11.0 Å². The van der Waals surface area contributed by atoms with Gasteiger partial charge in [0, 0.05) is 12.1 Å². The van der Waals surface area contributed by atoms with Gasteiger partial charge < -0.3 is 10.0 Å². The normalized spacial score (nSPS) is 10.9. The molecule has 0 aliphatic rings. The molecule has 0 heterocycles. The van der Waals surface area contributed by atoms with Crippen LogP contribution < -0.4 is 0 Å². The molecule has 0 fully saturated rings. The number of rotatable bonds is 5. The minimum atomic E-state index is -4.56. The molecule has 7 heteroatoms. The number of amides is 1. The maximum Gasteiger partial charge on any atom is 0.416 e. The molecule has 0 aliphatic heterocycles. The highest BCUT2D eigenvalue weighted by Crippen LogP contribution is 2.29. The van der Waals surface area contributed by atoms with E-state index < -0.39 is 30.2 Å². The third-order valence-electron chi connectivity index (χ3n) is 2.40. The quantitative estimate of drug-likeness (QED) is 0.846. The molecule has 0 saturated heterocycles. The van der Waals surface area contributed by atoms with Crippen molar-refractivity contribution < 1.29 is 27.9 Å². The summed E-state index contributed by atoms with van der Waals surface area (Å²) in [6, 6.07) is 3.84. The highest BCUT2D eigenvalue weighted by Gasteiger charge is 2.31. The SMILES string of the molecule is C=CCN(CC(=O)O)C(=O)c1cccc(C(F)(F)F)c1. The molecule has 0 saturated carbocycles. The Bertz CT molecular complexity index is 526. The fourth-order valence-electron chi connectivity index (χ4n) is 1.55. The number of carbonyl (C=O) groups excluding carboxylic acids is 1. The maximum atomic E-state index is 12.6. The van der Waals surface area contributed by atoms with E-state index in [4.69, 9.17) is 5.11 Å². The van der Waals surface area contributed by atoms with Gasteiger partial charge in [0.05, 0.1) is 5.56 Å². The largest absolute Gasteiger partial charge is 0.480 e. The summed E-state index contributed by atoms with van der Waals surface area (Å²) in [7, 11) is 0. The topological polar surface area (TPSA) is 57.6 Å². The summed E-state index contributed by atoms with van der Waals surface area (Å²) in [6.45, 7) is 2.70. The highest BCUT2D eigenvalue weighted by molar-refractivity contribution is 5.96. The lowest BCUT2D eigenvalue weighted by molar-refractivity contribution is -0.138. The first-order valence-electron chi connectivity index (χ1n) is 5.55. The van der Waals surface area contributed by atoms with Crippen LogP contribution >= 0.6 is 0 Å². The predicted molar refractivity (Wildman–Crippen MR) is 65.2 cm³/mol. The van der Waals surface area contributed by atoms with Crippen molar-refractivity contribution in [2.75, 3.05) is 13.1 Å². The van der Waals surface area contributed by atoms with Crippen LogP contribution in [0.1, 0.15) is 15.9 Å². The Morgan fingerprint density at radius 3 is 2.50 bits per heavy atom. The maximum absolute atomic E-state index is 12.6. The molecular weight excluding hydrogens is 275 g/mol. The van der Waals surface area contributed by atoms with Gasteiger partial charge in [-0.15, -0.1) is 6.58 Å². The Balaban J connectivity index is 3.05. The zero-order chi connectivity index (χ0) is 15.3. The van der Waals surface area contributed by atoms with Crippen LogP contribution in [0.3, 0.4) is 0 Å². The molecule has 0 radical (unpaired) electrons. The third-order valence-corrected chi connectivity index (χ3v) is 2.40. The summed E-state index contributed by atoms with van der Waals surface area (Å²) in [5, 5.41) is 8.68. The van der Waals surface area contributed by atoms with Crippen LogP contribution in [0.4, 0.5) is 13.2 Å². The second kappa shape index (κ2) is 6.23. The van der Waals surface area contributed by atoms with E-state index in [0.29, 0.717) is 6.07 Å². The predicted octanol–water partition coefficient (Wildman–Crippen LogP) is 2.42. The van der Waals surface area contributed by atoms with Gasteiger partial charge in [-0.2, -0.15) is 13.2 Å². The minimum Gasteiger partial charge on any atom is -0.480 e. The molecule has 20 heavy (non-hydrogen) atoms. The van der Waals surface area contributed by atoms with Crippen LogP contribution in [0.25, 0.3) is 0 Å². The van der Waals surface area contributed by atoms with Crippen molar-refractivity contribution in [2.24, 2.45) is 0 Å². The summed E-state index contributed by atoms with van der Waals surface area (Å²) >= 11 is 0. The monoisotopic (exact) mass is 287 g/mol. The van der Waals surface area contributed by atoms with Crippen LogP contribution in [0.2, 0.25) is 0 Å². The van der Waals surface area contributed by atoms with E-state index in [1.165, 1.54) is 12.1 Å². The Morgan fingerprint density at radius 2 is 2.00 bits per heavy atom. The number of carbonyl (C=O) groups is 2. The number of hydrogen-bond donors (Lipinski definition) is 1. The van der Waals surface area contributed by atoms with Crippen LogP contribution in [-0.4, -0.2) is 35.0 Å². The molecule has 0 spiro atoms. The van der Waals surface area contributed by atoms with E-state index in [-0.39, 0.29) is 12.1 Å². The van der Waals surface area contributed by atoms with Crippen molar-refractivity contribution in [3.8, 4) is 0 Å². The summed E-state index contributed by atoms with van der Waals surface area (Å²) in [5.41, 5.74) is -1.18. The average Bonchev–Trinajstić information content (AvgIpc) is 2.36. The number of carboxylic acids is 1. The van der Waals surface area contributed by atoms with Crippen LogP contribution in [0.15, 0.2) is 36.9 Å². The Morgan fingerprint density at radius 1 is 1.35 bits per heavy atom. The van der Waals surface area contributed by atoms with Crippen molar-refractivity contribution in [1.29, 1.82) is 0 Å². The average molecular weight is 287 g/mol. The van der Waals surface area contributed by atoms with E-state index in [9.17, 15) is 22.8 Å². The number of alkyl halides is 3. The molecule has 1 amide bonds. The Kier molecular flexibility index (Phi) is 4.90. The van der Waals surface area contributed by atoms with Gasteiger partial charge in [-0.25, -0.2) is 0 Å². The summed E-state index contributed by atoms with van der Waals surface area (Å²) in [5.74, 6) is -2.05. The molecule has 0 unspecified atom stereocenters. The summed E-state index contributed by atoms with van der Waals surface area (Å²) in [4.78, 5) is 23.5. The van der Waals surface area contributed by atoms with Crippen molar-refractivity contribution in [1.82, 2.24) is 4.90 Å². The lowest BCUT2D eigenvalue weighted by atomic mass is 10.1. The van der Waals surface area contributed by atoms with E-state index >= 15 is 0 Å². The zero-order valence-corrected chi connectivity index (χ0v) is 10.4. The smallest absolute Gasteiger partial charge is 0.416 e. The van der Waals surface area contributed by atoms with Gasteiger partial charge in [0.25, 0.3) is 5.91 Å².